The van der Waals surface area contributed by atoms with E-state index in [1.54, 1.807) is 0 Å². The summed E-state index contributed by atoms with van der Waals surface area (Å²) in [4.78, 5) is 12.4. The van der Waals surface area contributed by atoms with Crippen molar-refractivity contribution in [3.05, 3.63) is 107 Å². The van der Waals surface area contributed by atoms with Crippen molar-refractivity contribution in [2.75, 3.05) is 6.54 Å². The second-order valence-corrected chi connectivity index (χ2v) is 6.47. The highest BCUT2D eigenvalue weighted by molar-refractivity contribution is 6.30. The van der Waals surface area contributed by atoms with Gasteiger partial charge in [-0.3, -0.25) is 0 Å². The van der Waals surface area contributed by atoms with Crippen molar-refractivity contribution < 1.29 is 4.79 Å². The first kappa shape index (κ1) is 18.0. The summed E-state index contributed by atoms with van der Waals surface area (Å²) in [6.07, 6.45) is 0.731. The van der Waals surface area contributed by atoms with Crippen molar-refractivity contribution in [2.24, 2.45) is 0 Å². The van der Waals surface area contributed by atoms with Crippen LogP contribution in [-0.2, 0) is 6.42 Å². The molecule has 0 aromatic heterocycles. The lowest BCUT2D eigenvalue weighted by Crippen LogP contribution is -2.39. The highest BCUT2D eigenvalue weighted by atomic mass is 35.5. The van der Waals surface area contributed by atoms with Gasteiger partial charge in [0, 0.05) is 11.6 Å². The van der Waals surface area contributed by atoms with Crippen LogP contribution in [0, 0.1) is 0 Å². The molecule has 0 fully saturated rings. The minimum absolute atomic E-state index is 0.190. The number of carbonyl (C=O) groups excluding carboxylic acids is 1. The standard InChI is InChI=1S/C22H21ClN2O/c23-20-13-7-8-17(16-20)14-15-24-22(26)25-21(18-9-3-1-4-10-18)19-11-5-2-6-12-19/h1-13,16,21H,14-15H2,(H2,24,25,26). The summed E-state index contributed by atoms with van der Waals surface area (Å²) in [7, 11) is 0. The lowest BCUT2D eigenvalue weighted by atomic mass is 9.99. The molecule has 3 nitrogen and oxygen atoms in total. The van der Waals surface area contributed by atoms with E-state index in [2.05, 4.69) is 10.6 Å². The summed E-state index contributed by atoms with van der Waals surface area (Å²) in [6, 6.07) is 27.2. The maximum Gasteiger partial charge on any atom is 0.315 e. The second-order valence-electron chi connectivity index (χ2n) is 6.03. The van der Waals surface area contributed by atoms with Gasteiger partial charge in [0.2, 0.25) is 0 Å². The summed E-state index contributed by atoms with van der Waals surface area (Å²) in [5, 5.41) is 6.71. The first-order chi connectivity index (χ1) is 12.7. The van der Waals surface area contributed by atoms with E-state index in [1.807, 2.05) is 84.9 Å². The van der Waals surface area contributed by atoms with Gasteiger partial charge in [-0.25, -0.2) is 4.79 Å². The molecule has 0 saturated heterocycles. The molecule has 4 heteroatoms. The molecule has 0 aliphatic carbocycles. The van der Waals surface area contributed by atoms with Gasteiger partial charge in [0.05, 0.1) is 6.04 Å². The molecule has 0 bridgehead atoms. The van der Waals surface area contributed by atoms with Crippen molar-refractivity contribution in [1.29, 1.82) is 0 Å². The Bertz CT molecular complexity index is 798. The molecule has 3 rings (SSSR count). The molecule has 0 atom stereocenters. The number of urea groups is 1. The largest absolute Gasteiger partial charge is 0.338 e. The lowest BCUT2D eigenvalue weighted by Gasteiger charge is -2.20. The average Bonchev–Trinajstić information content (AvgIpc) is 2.67. The lowest BCUT2D eigenvalue weighted by molar-refractivity contribution is 0.239. The zero-order chi connectivity index (χ0) is 18.2. The van der Waals surface area contributed by atoms with Crippen LogP contribution in [0.25, 0.3) is 0 Å². The molecule has 132 valence electrons. The predicted octanol–water partition coefficient (Wildman–Crippen LogP) is 4.97. The van der Waals surface area contributed by atoms with Gasteiger partial charge < -0.3 is 10.6 Å². The van der Waals surface area contributed by atoms with Crippen molar-refractivity contribution in [3.63, 3.8) is 0 Å². The third kappa shape index (κ3) is 5.11. The number of carbonyl (C=O) groups is 1. The number of hydrogen-bond acceptors (Lipinski definition) is 1. The van der Waals surface area contributed by atoms with E-state index in [0.717, 1.165) is 23.1 Å². The maximum atomic E-state index is 12.4. The number of rotatable bonds is 6. The Hall–Kier alpha value is -2.78. The van der Waals surface area contributed by atoms with Crippen LogP contribution in [0.4, 0.5) is 4.79 Å². The number of benzene rings is 3. The fraction of sp³-hybridized carbons (Fsp3) is 0.136. The topological polar surface area (TPSA) is 41.1 Å². The Balaban J connectivity index is 1.62. The second kappa shape index (κ2) is 9.07. The fourth-order valence-corrected chi connectivity index (χ4v) is 3.06. The van der Waals surface area contributed by atoms with E-state index in [1.165, 1.54) is 0 Å². The molecule has 0 unspecified atom stereocenters. The Morgan fingerprint density at radius 1 is 0.846 bits per heavy atom. The minimum Gasteiger partial charge on any atom is -0.338 e. The number of nitrogens with one attached hydrogen (secondary N) is 2. The van der Waals surface area contributed by atoms with Crippen molar-refractivity contribution in [3.8, 4) is 0 Å². The van der Waals surface area contributed by atoms with Crippen LogP contribution >= 0.6 is 11.6 Å². The fourth-order valence-electron chi connectivity index (χ4n) is 2.85. The molecule has 2 N–H and O–H groups in total. The van der Waals surface area contributed by atoms with Crippen molar-refractivity contribution in [2.45, 2.75) is 12.5 Å². The van der Waals surface area contributed by atoms with E-state index >= 15 is 0 Å². The molecule has 0 aliphatic rings. The highest BCUT2D eigenvalue weighted by Crippen LogP contribution is 2.21. The number of halogens is 1. The van der Waals surface area contributed by atoms with Crippen molar-refractivity contribution >= 4 is 17.6 Å². The van der Waals surface area contributed by atoms with E-state index in [-0.39, 0.29) is 12.1 Å². The number of hydrogen-bond donors (Lipinski definition) is 2. The molecule has 0 heterocycles. The monoisotopic (exact) mass is 364 g/mol. The summed E-state index contributed by atoms with van der Waals surface area (Å²) in [5.41, 5.74) is 3.19. The molecular weight excluding hydrogens is 344 g/mol. The van der Waals surface area contributed by atoms with Gasteiger partial charge in [-0.1, -0.05) is 84.4 Å². The molecule has 2 amide bonds. The predicted molar refractivity (Wildman–Crippen MR) is 106 cm³/mol. The van der Waals surface area contributed by atoms with Gasteiger partial charge in [0.1, 0.15) is 0 Å². The van der Waals surface area contributed by atoms with Crippen LogP contribution in [0.3, 0.4) is 0 Å². The van der Waals surface area contributed by atoms with Gasteiger partial charge in [0.15, 0.2) is 0 Å². The molecule has 0 saturated carbocycles. The molecule has 0 spiro atoms. The van der Waals surface area contributed by atoms with Crippen LogP contribution in [0.1, 0.15) is 22.7 Å². The van der Waals surface area contributed by atoms with E-state index in [4.69, 9.17) is 11.6 Å². The van der Waals surface area contributed by atoms with Gasteiger partial charge in [-0.2, -0.15) is 0 Å². The first-order valence-corrected chi connectivity index (χ1v) is 8.99. The molecule has 0 aliphatic heterocycles. The normalized spacial score (nSPS) is 10.5. The highest BCUT2D eigenvalue weighted by Gasteiger charge is 2.16. The summed E-state index contributed by atoms with van der Waals surface area (Å²) >= 11 is 5.99. The Labute approximate surface area is 159 Å². The molecule has 3 aromatic rings. The molecule has 3 aromatic carbocycles. The third-order valence-corrected chi connectivity index (χ3v) is 4.36. The molecule has 26 heavy (non-hydrogen) atoms. The van der Waals surface area contributed by atoms with E-state index in [0.29, 0.717) is 11.6 Å². The summed E-state index contributed by atoms with van der Waals surface area (Å²) in [6.45, 7) is 0.544. The number of amides is 2. The minimum atomic E-state index is -0.191. The van der Waals surface area contributed by atoms with Gasteiger partial charge >= 0.3 is 6.03 Å². The Morgan fingerprint density at radius 2 is 1.46 bits per heavy atom. The quantitative estimate of drug-likeness (QED) is 0.637. The van der Waals surface area contributed by atoms with Crippen LogP contribution in [-0.4, -0.2) is 12.6 Å². The van der Waals surface area contributed by atoms with Crippen LogP contribution in [0.15, 0.2) is 84.9 Å². The summed E-state index contributed by atoms with van der Waals surface area (Å²) < 4.78 is 0. The Morgan fingerprint density at radius 3 is 2.04 bits per heavy atom. The van der Waals surface area contributed by atoms with E-state index < -0.39 is 0 Å². The smallest absolute Gasteiger partial charge is 0.315 e. The molecular formula is C22H21ClN2O. The van der Waals surface area contributed by atoms with Crippen LogP contribution in [0.2, 0.25) is 5.02 Å². The van der Waals surface area contributed by atoms with Crippen LogP contribution < -0.4 is 10.6 Å². The third-order valence-electron chi connectivity index (χ3n) is 4.13. The van der Waals surface area contributed by atoms with E-state index in [9.17, 15) is 4.79 Å². The summed E-state index contributed by atoms with van der Waals surface area (Å²) in [5.74, 6) is 0. The first-order valence-electron chi connectivity index (χ1n) is 8.61. The van der Waals surface area contributed by atoms with Gasteiger partial charge in [-0.05, 0) is 35.2 Å². The van der Waals surface area contributed by atoms with Gasteiger partial charge in [-0.15, -0.1) is 0 Å². The zero-order valence-electron chi connectivity index (χ0n) is 14.4. The zero-order valence-corrected chi connectivity index (χ0v) is 15.1. The SMILES string of the molecule is O=C(NCCc1cccc(Cl)c1)NC(c1ccccc1)c1ccccc1. The van der Waals surface area contributed by atoms with Crippen LogP contribution in [0.5, 0.6) is 0 Å². The average molecular weight is 365 g/mol. The Kier molecular flexibility index (Phi) is 6.29. The maximum absolute atomic E-state index is 12.4. The molecule has 0 radical (unpaired) electrons. The van der Waals surface area contributed by atoms with Crippen molar-refractivity contribution in [1.82, 2.24) is 10.6 Å². The van der Waals surface area contributed by atoms with Gasteiger partial charge in [0.25, 0.3) is 0 Å².